The van der Waals surface area contributed by atoms with Gasteiger partial charge in [-0.3, -0.25) is 9.48 Å². The van der Waals surface area contributed by atoms with Crippen molar-refractivity contribution < 1.29 is 9.53 Å². The SMILES string of the molecule is Cc1cc(C(=O)Nc2cccnc2Oc2cccc(C)c2C)c2c(C)nn(C)c2n1. The lowest BCUT2D eigenvalue weighted by molar-refractivity contribution is 0.102. The molecule has 0 aliphatic rings. The normalized spacial score (nSPS) is 11.0. The molecular weight excluding hydrogens is 378 g/mol. The Hall–Kier alpha value is -3.74. The van der Waals surface area contributed by atoms with E-state index >= 15 is 0 Å². The van der Waals surface area contributed by atoms with Crippen molar-refractivity contribution in [2.24, 2.45) is 7.05 Å². The summed E-state index contributed by atoms with van der Waals surface area (Å²) in [5, 5.41) is 8.09. The number of ether oxygens (including phenoxy) is 1. The van der Waals surface area contributed by atoms with Crippen LogP contribution in [0.25, 0.3) is 11.0 Å². The number of benzene rings is 1. The average Bonchev–Trinajstić information content (AvgIpc) is 2.99. The number of amides is 1. The number of nitrogens with zero attached hydrogens (tertiary/aromatic N) is 4. The smallest absolute Gasteiger partial charge is 0.256 e. The molecule has 0 unspecified atom stereocenters. The number of carbonyl (C=O) groups excluding carboxylic acids is 1. The summed E-state index contributed by atoms with van der Waals surface area (Å²) in [7, 11) is 1.82. The van der Waals surface area contributed by atoms with Gasteiger partial charge in [0.2, 0.25) is 5.88 Å². The molecule has 0 radical (unpaired) electrons. The van der Waals surface area contributed by atoms with Gasteiger partial charge in [0, 0.05) is 18.9 Å². The number of rotatable bonds is 4. The number of nitrogens with one attached hydrogen (secondary N) is 1. The van der Waals surface area contributed by atoms with Crippen LogP contribution in [-0.4, -0.2) is 25.7 Å². The highest BCUT2D eigenvalue weighted by Gasteiger charge is 2.19. The minimum atomic E-state index is -0.264. The van der Waals surface area contributed by atoms with Gasteiger partial charge in [-0.15, -0.1) is 0 Å². The number of aromatic nitrogens is 4. The van der Waals surface area contributed by atoms with Gasteiger partial charge in [-0.2, -0.15) is 5.10 Å². The van der Waals surface area contributed by atoms with Crippen LogP contribution in [0.1, 0.15) is 32.9 Å². The van der Waals surface area contributed by atoms with Crippen molar-refractivity contribution in [3.05, 3.63) is 70.7 Å². The van der Waals surface area contributed by atoms with E-state index < -0.39 is 0 Å². The molecule has 0 aliphatic heterocycles. The van der Waals surface area contributed by atoms with Gasteiger partial charge in [0.25, 0.3) is 5.91 Å². The first kappa shape index (κ1) is 19.6. The molecule has 1 N–H and O–H groups in total. The Balaban J connectivity index is 1.70. The highest BCUT2D eigenvalue weighted by molar-refractivity contribution is 6.13. The second-order valence-electron chi connectivity index (χ2n) is 7.33. The van der Waals surface area contributed by atoms with Gasteiger partial charge in [0.1, 0.15) is 11.4 Å². The number of hydrogen-bond donors (Lipinski definition) is 1. The zero-order chi connectivity index (χ0) is 21.4. The van der Waals surface area contributed by atoms with Crippen molar-refractivity contribution in [2.45, 2.75) is 27.7 Å². The fourth-order valence-electron chi connectivity index (χ4n) is 3.44. The van der Waals surface area contributed by atoms with E-state index in [2.05, 4.69) is 20.4 Å². The lowest BCUT2D eigenvalue weighted by atomic mass is 10.1. The van der Waals surface area contributed by atoms with Gasteiger partial charge in [-0.05, 0) is 63.1 Å². The summed E-state index contributed by atoms with van der Waals surface area (Å²) in [6, 6.07) is 11.1. The zero-order valence-electron chi connectivity index (χ0n) is 17.6. The Labute approximate surface area is 174 Å². The fraction of sp³-hybridized carbons (Fsp3) is 0.217. The van der Waals surface area contributed by atoms with Crippen LogP contribution in [0.2, 0.25) is 0 Å². The predicted molar refractivity (Wildman–Crippen MR) is 116 cm³/mol. The monoisotopic (exact) mass is 401 g/mol. The van der Waals surface area contributed by atoms with E-state index in [1.807, 2.05) is 52.9 Å². The van der Waals surface area contributed by atoms with Crippen molar-refractivity contribution in [3.63, 3.8) is 0 Å². The van der Waals surface area contributed by atoms with Gasteiger partial charge in [-0.25, -0.2) is 9.97 Å². The van der Waals surface area contributed by atoms with Crippen LogP contribution in [0.5, 0.6) is 11.6 Å². The molecule has 0 fully saturated rings. The minimum absolute atomic E-state index is 0.264. The van der Waals surface area contributed by atoms with Crippen molar-refractivity contribution in [1.29, 1.82) is 0 Å². The minimum Gasteiger partial charge on any atom is -0.437 e. The third kappa shape index (κ3) is 3.50. The van der Waals surface area contributed by atoms with E-state index in [0.717, 1.165) is 27.9 Å². The van der Waals surface area contributed by atoms with Crippen LogP contribution < -0.4 is 10.1 Å². The van der Waals surface area contributed by atoms with Gasteiger partial charge >= 0.3 is 0 Å². The van der Waals surface area contributed by atoms with Crippen LogP contribution in [0, 0.1) is 27.7 Å². The molecule has 0 bridgehead atoms. The molecule has 0 saturated carbocycles. The average molecular weight is 401 g/mol. The van der Waals surface area contributed by atoms with Gasteiger partial charge in [0.05, 0.1) is 16.6 Å². The number of pyridine rings is 2. The summed E-state index contributed by atoms with van der Waals surface area (Å²) in [6.45, 7) is 7.75. The van der Waals surface area contributed by atoms with Crippen molar-refractivity contribution in [1.82, 2.24) is 19.7 Å². The van der Waals surface area contributed by atoms with E-state index in [1.54, 1.807) is 29.1 Å². The Bertz CT molecular complexity index is 1280. The Kier molecular flexibility index (Phi) is 4.95. The molecule has 0 aliphatic carbocycles. The van der Waals surface area contributed by atoms with E-state index in [9.17, 15) is 4.79 Å². The maximum absolute atomic E-state index is 13.2. The Morgan fingerprint density at radius 2 is 1.90 bits per heavy atom. The molecule has 0 saturated heterocycles. The molecule has 4 rings (SSSR count). The molecule has 3 heterocycles. The predicted octanol–water partition coefficient (Wildman–Crippen LogP) is 4.64. The van der Waals surface area contributed by atoms with Crippen LogP contribution in [0.15, 0.2) is 42.6 Å². The first-order chi connectivity index (χ1) is 14.3. The molecule has 30 heavy (non-hydrogen) atoms. The van der Waals surface area contributed by atoms with Crippen molar-refractivity contribution >= 4 is 22.6 Å². The zero-order valence-corrected chi connectivity index (χ0v) is 17.6. The topological polar surface area (TPSA) is 81.9 Å². The number of hydrogen-bond acceptors (Lipinski definition) is 5. The molecule has 1 aromatic carbocycles. The first-order valence-electron chi connectivity index (χ1n) is 9.66. The highest BCUT2D eigenvalue weighted by Crippen LogP contribution is 2.31. The Morgan fingerprint density at radius 3 is 2.70 bits per heavy atom. The highest BCUT2D eigenvalue weighted by atomic mass is 16.5. The number of aryl methyl sites for hydroxylation is 4. The molecule has 0 atom stereocenters. The molecule has 7 nitrogen and oxygen atoms in total. The maximum Gasteiger partial charge on any atom is 0.256 e. The van der Waals surface area contributed by atoms with Crippen molar-refractivity contribution in [3.8, 4) is 11.6 Å². The molecule has 0 spiro atoms. The number of carbonyl (C=O) groups is 1. The van der Waals surface area contributed by atoms with Crippen LogP contribution in [-0.2, 0) is 7.05 Å². The standard InChI is InChI=1S/C23H23N5O2/c1-13-8-6-10-19(15(13)3)30-23-18(9-7-11-24-23)26-22(29)17-12-14(2)25-21-20(17)16(4)27-28(21)5/h6-12H,1-5H3,(H,26,29). The van der Waals surface area contributed by atoms with Crippen molar-refractivity contribution in [2.75, 3.05) is 5.32 Å². The summed E-state index contributed by atoms with van der Waals surface area (Å²) in [6.07, 6.45) is 1.64. The van der Waals surface area contributed by atoms with Gasteiger partial charge in [0.15, 0.2) is 5.65 Å². The lowest BCUT2D eigenvalue weighted by Crippen LogP contribution is -2.14. The summed E-state index contributed by atoms with van der Waals surface area (Å²) in [4.78, 5) is 22.1. The van der Waals surface area contributed by atoms with Gasteiger partial charge < -0.3 is 10.1 Å². The van der Waals surface area contributed by atoms with Crippen LogP contribution in [0.3, 0.4) is 0 Å². The van der Waals surface area contributed by atoms with E-state index in [1.165, 1.54) is 0 Å². The third-order valence-electron chi connectivity index (χ3n) is 5.12. The third-order valence-corrected chi connectivity index (χ3v) is 5.12. The van der Waals surface area contributed by atoms with Crippen LogP contribution in [0.4, 0.5) is 5.69 Å². The molecule has 3 aromatic heterocycles. The number of anilines is 1. The second kappa shape index (κ2) is 7.59. The number of fused-ring (bicyclic) bond motifs is 1. The largest absolute Gasteiger partial charge is 0.437 e. The summed E-state index contributed by atoms with van der Waals surface area (Å²) in [5.41, 5.74) is 5.33. The molecule has 4 aromatic rings. The first-order valence-corrected chi connectivity index (χ1v) is 9.66. The quantitative estimate of drug-likeness (QED) is 0.539. The van der Waals surface area contributed by atoms with Gasteiger partial charge in [-0.1, -0.05) is 12.1 Å². The van der Waals surface area contributed by atoms with E-state index in [-0.39, 0.29) is 5.91 Å². The molecule has 1 amide bonds. The lowest BCUT2D eigenvalue weighted by Gasteiger charge is -2.14. The Morgan fingerprint density at radius 1 is 1.10 bits per heavy atom. The molecular formula is C23H23N5O2. The fourth-order valence-corrected chi connectivity index (χ4v) is 3.44. The summed E-state index contributed by atoms with van der Waals surface area (Å²) in [5.74, 6) is 0.777. The van der Waals surface area contributed by atoms with Crippen LogP contribution >= 0.6 is 0 Å². The van der Waals surface area contributed by atoms with E-state index in [0.29, 0.717) is 28.5 Å². The van der Waals surface area contributed by atoms with E-state index in [4.69, 9.17) is 4.74 Å². The second-order valence-corrected chi connectivity index (χ2v) is 7.33. The molecule has 7 heteroatoms. The maximum atomic E-state index is 13.2. The molecule has 152 valence electrons. The summed E-state index contributed by atoms with van der Waals surface area (Å²) >= 11 is 0. The summed E-state index contributed by atoms with van der Waals surface area (Å²) < 4.78 is 7.73.